The van der Waals surface area contributed by atoms with Gasteiger partial charge >= 0.3 is 6.03 Å². The van der Waals surface area contributed by atoms with Gasteiger partial charge in [0, 0.05) is 11.9 Å². The molecule has 0 atom stereocenters. The average molecular weight is 465 g/mol. The second-order valence-electron chi connectivity index (χ2n) is 8.32. The number of hydrogen-bond acceptors (Lipinski definition) is 7. The summed E-state index contributed by atoms with van der Waals surface area (Å²) < 4.78 is 45.2. The van der Waals surface area contributed by atoms with Crippen molar-refractivity contribution < 1.29 is 27.1 Å². The number of carbonyl (C=O) groups is 2. The Morgan fingerprint density at radius 1 is 1.19 bits per heavy atom. The molecule has 1 saturated heterocycles. The number of fused-ring (bicyclic) bond motifs is 1. The number of urea groups is 1. The largest absolute Gasteiger partial charge is 0.488 e. The molecule has 1 N–H and O–H groups in total. The molecule has 0 radical (unpaired) electrons. The Hall–Kier alpha value is -2.82. The van der Waals surface area contributed by atoms with Gasteiger partial charge in [-0.25, -0.2) is 17.6 Å². The van der Waals surface area contributed by atoms with Crippen LogP contribution >= 0.6 is 0 Å². The third-order valence-electron chi connectivity index (χ3n) is 5.59. The lowest BCUT2D eigenvalue weighted by Crippen LogP contribution is -2.29. The molecule has 1 saturated carbocycles. The van der Waals surface area contributed by atoms with Crippen LogP contribution < -0.4 is 10.1 Å². The number of hydrogen-bond donors (Lipinski definition) is 1. The number of aromatic nitrogens is 2. The maximum Gasteiger partial charge on any atom is 0.324 e. The summed E-state index contributed by atoms with van der Waals surface area (Å²) in [6, 6.07) is 2.37. The molecular weight excluding hydrogens is 439 g/mol. The van der Waals surface area contributed by atoms with Crippen molar-refractivity contribution in [3.8, 4) is 5.75 Å². The fourth-order valence-corrected chi connectivity index (χ4v) is 5.14. The van der Waals surface area contributed by atoms with E-state index in [1.54, 1.807) is 0 Å². The Kier molecular flexibility index (Phi) is 6.54. The van der Waals surface area contributed by atoms with Crippen LogP contribution in [0.4, 0.5) is 9.18 Å². The van der Waals surface area contributed by atoms with Gasteiger partial charge in [-0.15, -0.1) is 5.10 Å². The average Bonchev–Trinajstić information content (AvgIpc) is 3.50. The lowest BCUT2D eigenvalue weighted by Gasteiger charge is -2.13. The summed E-state index contributed by atoms with van der Waals surface area (Å²) in [5.41, 5.74) is 0.690. The summed E-state index contributed by atoms with van der Waals surface area (Å²) in [7, 11) is -3.43. The van der Waals surface area contributed by atoms with Crippen LogP contribution in [0.5, 0.6) is 5.75 Å². The molecule has 32 heavy (non-hydrogen) atoms. The summed E-state index contributed by atoms with van der Waals surface area (Å²) in [5.74, 6) is -0.658. The quantitative estimate of drug-likeness (QED) is 0.400. The number of nitrogens with zero attached hydrogens (tertiary/aromatic N) is 3. The van der Waals surface area contributed by atoms with Gasteiger partial charge in [0.05, 0.1) is 24.3 Å². The van der Waals surface area contributed by atoms with Crippen molar-refractivity contribution in [3.05, 3.63) is 29.7 Å². The Labute approximate surface area is 185 Å². The van der Waals surface area contributed by atoms with E-state index in [2.05, 4.69) is 15.5 Å². The highest BCUT2D eigenvalue weighted by molar-refractivity contribution is 7.90. The first-order chi connectivity index (χ1) is 15.3. The standard InChI is InChI=1S/C21H25FN4O5S/c22-17-7-6-16-15(10-23-25-19(16)20(17)31-12-14-4-5-14)13-32(29,30)9-3-1-2-8-26-11-18(27)24-21(26)28/h6-7,10,14H,1-5,8-9,11-13H2,(H,24,27,28). The third kappa shape index (κ3) is 5.50. The smallest absolute Gasteiger partial charge is 0.324 e. The highest BCUT2D eigenvalue weighted by Gasteiger charge is 2.26. The number of imide groups is 1. The van der Waals surface area contributed by atoms with Gasteiger partial charge in [0.25, 0.3) is 0 Å². The van der Waals surface area contributed by atoms with E-state index in [0.717, 1.165) is 12.8 Å². The monoisotopic (exact) mass is 464 g/mol. The minimum absolute atomic E-state index is 0.0191. The van der Waals surface area contributed by atoms with Crippen LogP contribution in [0.15, 0.2) is 18.3 Å². The Morgan fingerprint density at radius 3 is 2.72 bits per heavy atom. The first kappa shape index (κ1) is 22.4. The second kappa shape index (κ2) is 9.35. The van der Waals surface area contributed by atoms with E-state index < -0.39 is 21.7 Å². The van der Waals surface area contributed by atoms with Gasteiger partial charge in [0.15, 0.2) is 21.4 Å². The predicted molar refractivity (Wildman–Crippen MR) is 114 cm³/mol. The number of halogens is 1. The first-order valence-corrected chi connectivity index (χ1v) is 12.5. The molecule has 3 amide bonds. The topological polar surface area (TPSA) is 119 Å². The Morgan fingerprint density at radius 2 is 2.00 bits per heavy atom. The zero-order chi connectivity index (χ0) is 22.7. The third-order valence-corrected chi connectivity index (χ3v) is 7.25. The molecule has 9 nitrogen and oxygen atoms in total. The van der Waals surface area contributed by atoms with Gasteiger partial charge < -0.3 is 9.64 Å². The van der Waals surface area contributed by atoms with E-state index in [-0.39, 0.29) is 35.2 Å². The van der Waals surface area contributed by atoms with E-state index in [0.29, 0.717) is 49.3 Å². The van der Waals surface area contributed by atoms with Crippen LogP contribution in [-0.4, -0.2) is 60.9 Å². The normalized spacial score (nSPS) is 16.6. The molecule has 4 rings (SSSR count). The van der Waals surface area contributed by atoms with Crippen molar-refractivity contribution in [1.82, 2.24) is 20.4 Å². The van der Waals surface area contributed by atoms with Crippen LogP contribution in [0.25, 0.3) is 10.9 Å². The number of carbonyl (C=O) groups excluding carboxylic acids is 2. The molecule has 1 aromatic heterocycles. The number of benzene rings is 1. The zero-order valence-corrected chi connectivity index (χ0v) is 18.4. The summed E-state index contributed by atoms with van der Waals surface area (Å²) in [4.78, 5) is 24.1. The molecule has 1 aliphatic carbocycles. The second-order valence-corrected chi connectivity index (χ2v) is 10.5. The molecule has 2 heterocycles. The molecule has 1 aliphatic heterocycles. The summed E-state index contributed by atoms with van der Waals surface area (Å²) in [5, 5.41) is 10.6. The number of ether oxygens (including phenoxy) is 1. The fraction of sp³-hybridized carbons (Fsp3) is 0.524. The summed E-state index contributed by atoms with van der Waals surface area (Å²) in [6.07, 6.45) is 5.17. The lowest BCUT2D eigenvalue weighted by molar-refractivity contribution is -0.118. The predicted octanol–water partition coefficient (Wildman–Crippen LogP) is 2.19. The number of amides is 3. The Bertz CT molecular complexity index is 1140. The van der Waals surface area contributed by atoms with Gasteiger partial charge in [0.1, 0.15) is 12.1 Å². The van der Waals surface area contributed by atoms with Gasteiger partial charge in [-0.1, -0.05) is 6.42 Å². The molecule has 2 fully saturated rings. The van der Waals surface area contributed by atoms with Gasteiger partial charge in [-0.3, -0.25) is 10.1 Å². The van der Waals surface area contributed by atoms with Gasteiger partial charge in [-0.2, -0.15) is 5.10 Å². The highest BCUT2D eigenvalue weighted by atomic mass is 32.2. The number of rotatable bonds is 11. The van der Waals surface area contributed by atoms with Crippen molar-refractivity contribution in [2.45, 2.75) is 37.9 Å². The maximum absolute atomic E-state index is 14.3. The van der Waals surface area contributed by atoms with E-state index in [1.165, 1.54) is 23.2 Å². The molecule has 0 spiro atoms. The molecule has 2 aliphatic rings. The number of sulfone groups is 1. The maximum atomic E-state index is 14.3. The zero-order valence-electron chi connectivity index (χ0n) is 17.5. The fourth-order valence-electron chi connectivity index (χ4n) is 3.64. The first-order valence-electron chi connectivity index (χ1n) is 10.7. The van der Waals surface area contributed by atoms with Crippen molar-refractivity contribution in [2.24, 2.45) is 5.92 Å². The molecule has 0 unspecified atom stereocenters. The van der Waals surface area contributed by atoms with Crippen molar-refractivity contribution >= 4 is 32.7 Å². The summed E-state index contributed by atoms with van der Waals surface area (Å²) >= 11 is 0. The van der Waals surface area contributed by atoms with Gasteiger partial charge in [0.2, 0.25) is 5.91 Å². The van der Waals surface area contributed by atoms with E-state index in [9.17, 15) is 22.4 Å². The lowest BCUT2D eigenvalue weighted by atomic mass is 10.1. The van der Waals surface area contributed by atoms with Crippen molar-refractivity contribution in [1.29, 1.82) is 0 Å². The highest BCUT2D eigenvalue weighted by Crippen LogP contribution is 2.33. The molecule has 1 aromatic carbocycles. The van der Waals surface area contributed by atoms with Crippen molar-refractivity contribution in [3.63, 3.8) is 0 Å². The van der Waals surface area contributed by atoms with Gasteiger partial charge in [-0.05, 0) is 49.3 Å². The van der Waals surface area contributed by atoms with Crippen LogP contribution in [-0.2, 0) is 20.4 Å². The van der Waals surface area contributed by atoms with E-state index in [1.807, 2.05) is 0 Å². The molecule has 2 aromatic rings. The van der Waals surface area contributed by atoms with Crippen LogP contribution in [0.3, 0.4) is 0 Å². The van der Waals surface area contributed by atoms with Crippen molar-refractivity contribution in [2.75, 3.05) is 25.4 Å². The van der Waals surface area contributed by atoms with Crippen LogP contribution in [0, 0.1) is 11.7 Å². The minimum Gasteiger partial charge on any atom is -0.488 e. The van der Waals surface area contributed by atoms with Crippen LogP contribution in [0.1, 0.15) is 37.7 Å². The molecular formula is C21H25FN4O5S. The molecule has 11 heteroatoms. The van der Waals surface area contributed by atoms with E-state index >= 15 is 0 Å². The van der Waals surface area contributed by atoms with Crippen LogP contribution in [0.2, 0.25) is 0 Å². The molecule has 172 valence electrons. The summed E-state index contributed by atoms with van der Waals surface area (Å²) in [6.45, 7) is 0.866. The number of unbranched alkanes of at least 4 members (excludes halogenated alkanes) is 2. The van der Waals surface area contributed by atoms with E-state index in [4.69, 9.17) is 4.74 Å². The molecule has 0 bridgehead atoms. The Balaban J connectivity index is 1.35. The number of nitrogens with one attached hydrogen (secondary N) is 1. The minimum atomic E-state index is -3.43. The SMILES string of the molecule is O=C1CN(CCCCCS(=O)(=O)Cc2cnnc3c(OCC4CC4)c(F)ccc23)C(=O)N1.